The maximum atomic E-state index is 14.8. The second-order valence-corrected chi connectivity index (χ2v) is 9.79. The molecule has 8 heteroatoms. The molecule has 0 atom stereocenters. The van der Waals surface area contributed by atoms with Crippen LogP contribution in [0.1, 0.15) is 45.1 Å². The van der Waals surface area contributed by atoms with Crippen molar-refractivity contribution in [1.29, 1.82) is 0 Å². The van der Waals surface area contributed by atoms with Gasteiger partial charge in [-0.3, -0.25) is 4.79 Å². The Labute approximate surface area is 212 Å². The molecular formula is C28H25FN4O2S. The molecule has 182 valence electrons. The fourth-order valence-electron chi connectivity index (χ4n) is 4.11. The summed E-state index contributed by atoms with van der Waals surface area (Å²) in [5.41, 5.74) is 9.69. The minimum atomic E-state index is -0.726. The summed E-state index contributed by atoms with van der Waals surface area (Å²) in [7, 11) is 0. The molecule has 1 aliphatic rings. The number of anilines is 2. The maximum absolute atomic E-state index is 14.8. The Balaban J connectivity index is 1.57. The maximum Gasteiger partial charge on any atom is 0.325 e. The number of benzene rings is 3. The first-order chi connectivity index (χ1) is 17.4. The number of rotatable bonds is 7. The summed E-state index contributed by atoms with van der Waals surface area (Å²) in [5.74, 6) is -0.443. The van der Waals surface area contributed by atoms with Crippen LogP contribution in [0.25, 0.3) is 11.3 Å². The van der Waals surface area contributed by atoms with E-state index in [-0.39, 0.29) is 21.3 Å². The number of thiazole rings is 1. The predicted octanol–water partition coefficient (Wildman–Crippen LogP) is 6.28. The monoisotopic (exact) mass is 500 g/mol. The van der Waals surface area contributed by atoms with Crippen LogP contribution in [0.3, 0.4) is 0 Å². The van der Waals surface area contributed by atoms with E-state index < -0.39 is 17.8 Å². The van der Waals surface area contributed by atoms with Crippen LogP contribution in [0.15, 0.2) is 72.8 Å². The van der Waals surface area contributed by atoms with Gasteiger partial charge in [0.2, 0.25) is 0 Å². The third-order valence-corrected chi connectivity index (χ3v) is 7.22. The number of carbonyl (C=O) groups is 2. The van der Waals surface area contributed by atoms with Gasteiger partial charge in [-0.2, -0.15) is 0 Å². The van der Waals surface area contributed by atoms with Gasteiger partial charge >= 0.3 is 6.03 Å². The van der Waals surface area contributed by atoms with Gasteiger partial charge in [0.05, 0.1) is 11.4 Å². The molecule has 1 fully saturated rings. The van der Waals surface area contributed by atoms with Crippen LogP contribution < -0.4 is 16.0 Å². The van der Waals surface area contributed by atoms with Crippen LogP contribution >= 0.6 is 11.3 Å². The van der Waals surface area contributed by atoms with Gasteiger partial charge in [-0.05, 0) is 60.6 Å². The molecule has 0 spiro atoms. The standard InChI is InChI=1S/C28H25FN4O2S/c1-17-11-12-20(19-13-14-19)15-23(17)33(27(30)35)28-32-24(21-9-5-6-10-22(21)29)25(36-28)26(34)31-16-18-7-3-2-4-8-18/h2-12,15,19H,13-14,16H2,1H3,(H2,30,35)(H,31,34). The van der Waals surface area contributed by atoms with Crippen molar-refractivity contribution in [2.24, 2.45) is 5.73 Å². The highest BCUT2D eigenvalue weighted by Crippen LogP contribution is 2.43. The van der Waals surface area contributed by atoms with E-state index in [9.17, 15) is 14.0 Å². The van der Waals surface area contributed by atoms with E-state index in [1.54, 1.807) is 18.2 Å². The number of nitrogens with zero attached hydrogens (tertiary/aromatic N) is 2. The Morgan fingerprint density at radius 2 is 1.81 bits per heavy atom. The third-order valence-electron chi connectivity index (χ3n) is 6.18. The average Bonchev–Trinajstić information content (AvgIpc) is 3.64. The molecular weight excluding hydrogens is 475 g/mol. The highest BCUT2D eigenvalue weighted by molar-refractivity contribution is 7.18. The van der Waals surface area contributed by atoms with Crippen molar-refractivity contribution in [2.75, 3.05) is 4.90 Å². The highest BCUT2D eigenvalue weighted by atomic mass is 32.1. The Kier molecular flexibility index (Phi) is 6.52. The van der Waals surface area contributed by atoms with E-state index in [4.69, 9.17) is 5.73 Å². The van der Waals surface area contributed by atoms with Crippen molar-refractivity contribution in [1.82, 2.24) is 10.3 Å². The van der Waals surface area contributed by atoms with E-state index in [2.05, 4.69) is 16.4 Å². The molecule has 0 radical (unpaired) electrons. The number of amides is 3. The van der Waals surface area contributed by atoms with Gasteiger partial charge in [0.25, 0.3) is 5.91 Å². The number of urea groups is 1. The van der Waals surface area contributed by atoms with E-state index in [1.165, 1.54) is 11.0 Å². The summed E-state index contributed by atoms with van der Waals surface area (Å²) in [4.78, 5) is 32.1. The number of hydrogen-bond donors (Lipinski definition) is 2. The molecule has 0 saturated heterocycles. The Hall–Kier alpha value is -4.04. The van der Waals surface area contributed by atoms with E-state index in [1.807, 2.05) is 49.4 Å². The number of nitrogens with two attached hydrogens (primary N) is 1. The fourth-order valence-corrected chi connectivity index (χ4v) is 5.12. The molecule has 3 amide bonds. The summed E-state index contributed by atoms with van der Waals surface area (Å²) in [5, 5.41) is 3.09. The van der Waals surface area contributed by atoms with Gasteiger partial charge < -0.3 is 11.1 Å². The average molecular weight is 501 g/mol. The third kappa shape index (κ3) is 4.85. The zero-order valence-electron chi connectivity index (χ0n) is 19.7. The van der Waals surface area contributed by atoms with Gasteiger partial charge in [-0.1, -0.05) is 65.9 Å². The molecule has 6 nitrogen and oxygen atoms in total. The molecule has 1 saturated carbocycles. The smallest absolute Gasteiger partial charge is 0.325 e. The van der Waals surface area contributed by atoms with E-state index >= 15 is 0 Å². The molecule has 3 N–H and O–H groups in total. The number of aromatic nitrogens is 1. The van der Waals surface area contributed by atoms with Crippen LogP contribution in [-0.2, 0) is 6.54 Å². The molecule has 0 aliphatic heterocycles. The number of primary amides is 1. The lowest BCUT2D eigenvalue weighted by Crippen LogP contribution is -2.32. The minimum Gasteiger partial charge on any atom is -0.351 e. The largest absolute Gasteiger partial charge is 0.351 e. The molecule has 1 aliphatic carbocycles. The molecule has 5 rings (SSSR count). The first-order valence-corrected chi connectivity index (χ1v) is 12.5. The number of nitrogens with one attached hydrogen (secondary N) is 1. The SMILES string of the molecule is Cc1ccc(C2CC2)cc1N(C(N)=O)c1nc(-c2ccccc2F)c(C(=O)NCc2ccccc2)s1. The van der Waals surface area contributed by atoms with Crippen LogP contribution in [-0.4, -0.2) is 16.9 Å². The van der Waals surface area contributed by atoms with Crippen LogP contribution in [0.5, 0.6) is 0 Å². The Morgan fingerprint density at radius 3 is 2.50 bits per heavy atom. The van der Waals surface area contributed by atoms with Crippen LogP contribution in [0.4, 0.5) is 20.0 Å². The second-order valence-electron chi connectivity index (χ2n) is 8.82. The van der Waals surface area contributed by atoms with Gasteiger partial charge in [-0.25, -0.2) is 19.1 Å². The van der Waals surface area contributed by atoms with Crippen molar-refractivity contribution in [3.05, 3.63) is 100 Å². The quantitative estimate of drug-likeness (QED) is 0.313. The first kappa shape index (κ1) is 23.7. The first-order valence-electron chi connectivity index (χ1n) is 11.7. The summed E-state index contributed by atoms with van der Waals surface area (Å²) < 4.78 is 14.8. The van der Waals surface area contributed by atoms with Crippen LogP contribution in [0.2, 0.25) is 0 Å². The molecule has 1 aromatic heterocycles. The number of hydrogen-bond acceptors (Lipinski definition) is 4. The molecule has 0 bridgehead atoms. The molecule has 0 unspecified atom stereocenters. The van der Waals surface area contributed by atoms with E-state index in [0.29, 0.717) is 18.2 Å². The second kappa shape index (κ2) is 9.91. The van der Waals surface area contributed by atoms with Crippen molar-refractivity contribution in [3.8, 4) is 11.3 Å². The number of aryl methyl sites for hydroxylation is 1. The highest BCUT2D eigenvalue weighted by Gasteiger charge is 2.29. The lowest BCUT2D eigenvalue weighted by atomic mass is 10.1. The van der Waals surface area contributed by atoms with Crippen molar-refractivity contribution in [3.63, 3.8) is 0 Å². The zero-order chi connectivity index (χ0) is 25.2. The Bertz CT molecular complexity index is 1430. The lowest BCUT2D eigenvalue weighted by molar-refractivity contribution is 0.0955. The van der Waals surface area contributed by atoms with Crippen molar-refractivity contribution < 1.29 is 14.0 Å². The summed E-state index contributed by atoms with van der Waals surface area (Å²) in [6.45, 7) is 2.19. The van der Waals surface area contributed by atoms with Crippen LogP contribution in [0, 0.1) is 12.7 Å². The zero-order valence-corrected chi connectivity index (χ0v) is 20.5. The molecule has 4 aromatic rings. The molecule has 1 heterocycles. The van der Waals surface area contributed by atoms with Gasteiger partial charge in [-0.15, -0.1) is 0 Å². The number of carbonyl (C=O) groups excluding carboxylic acids is 2. The predicted molar refractivity (Wildman–Crippen MR) is 140 cm³/mol. The fraction of sp³-hybridized carbons (Fsp3) is 0.179. The van der Waals surface area contributed by atoms with Gasteiger partial charge in [0, 0.05) is 12.1 Å². The summed E-state index contributed by atoms with van der Waals surface area (Å²) in [6.07, 6.45) is 2.22. The van der Waals surface area contributed by atoms with Gasteiger partial charge in [0.15, 0.2) is 5.13 Å². The summed E-state index contributed by atoms with van der Waals surface area (Å²) in [6, 6.07) is 20.9. The van der Waals surface area contributed by atoms with Crippen molar-refractivity contribution in [2.45, 2.75) is 32.2 Å². The Morgan fingerprint density at radius 1 is 1.08 bits per heavy atom. The molecule has 3 aromatic carbocycles. The number of halogens is 1. The molecule has 36 heavy (non-hydrogen) atoms. The summed E-state index contributed by atoms with van der Waals surface area (Å²) >= 11 is 1.01. The lowest BCUT2D eigenvalue weighted by Gasteiger charge is -2.20. The normalized spacial score (nSPS) is 12.8. The van der Waals surface area contributed by atoms with Gasteiger partial charge in [0.1, 0.15) is 10.7 Å². The minimum absolute atomic E-state index is 0.168. The van der Waals surface area contributed by atoms with Crippen molar-refractivity contribution >= 4 is 34.1 Å². The van der Waals surface area contributed by atoms with E-state index in [0.717, 1.165) is 40.9 Å². The topological polar surface area (TPSA) is 88.3 Å².